The second kappa shape index (κ2) is 10.2. The number of aromatic nitrogens is 2. The number of nitrogens with zero attached hydrogens (tertiary/aromatic N) is 4. The van der Waals surface area contributed by atoms with Crippen molar-refractivity contribution in [3.8, 4) is 5.88 Å². The van der Waals surface area contributed by atoms with Crippen molar-refractivity contribution in [3.05, 3.63) is 42.0 Å². The summed E-state index contributed by atoms with van der Waals surface area (Å²) >= 11 is 1.72. The molecule has 1 aliphatic heterocycles. The van der Waals surface area contributed by atoms with Crippen molar-refractivity contribution in [1.82, 2.24) is 15.1 Å². The van der Waals surface area contributed by atoms with Gasteiger partial charge in [0.15, 0.2) is 5.82 Å². The lowest BCUT2D eigenvalue weighted by atomic mass is 9.98. The van der Waals surface area contributed by atoms with E-state index in [1.54, 1.807) is 11.8 Å². The van der Waals surface area contributed by atoms with Gasteiger partial charge in [-0.1, -0.05) is 25.5 Å². The monoisotopic (exact) mass is 426 g/mol. The Morgan fingerprint density at radius 3 is 2.50 bits per heavy atom. The van der Waals surface area contributed by atoms with Gasteiger partial charge in [-0.05, 0) is 49.6 Å². The second-order valence-electron chi connectivity index (χ2n) is 7.82. The number of thioether (sulfide) groups is 1. The van der Waals surface area contributed by atoms with Crippen LogP contribution in [0.25, 0.3) is 0 Å². The highest BCUT2D eigenvalue weighted by atomic mass is 32.2. The maximum absolute atomic E-state index is 13.0. The SMILES string of the molecule is CCSc1ccccc1C(=O)N1CCN(c2ccc(OC3CCCCC3)nn2)CC1. The number of piperazine rings is 1. The Morgan fingerprint density at radius 1 is 1.03 bits per heavy atom. The van der Waals surface area contributed by atoms with E-state index in [0.29, 0.717) is 19.0 Å². The third-order valence-corrected chi connectivity index (χ3v) is 6.73. The lowest BCUT2D eigenvalue weighted by Crippen LogP contribution is -2.49. The average Bonchev–Trinajstić information content (AvgIpc) is 2.81. The van der Waals surface area contributed by atoms with E-state index in [9.17, 15) is 4.79 Å². The third kappa shape index (κ3) is 5.06. The van der Waals surface area contributed by atoms with Gasteiger partial charge >= 0.3 is 0 Å². The zero-order valence-corrected chi connectivity index (χ0v) is 18.4. The first-order chi connectivity index (χ1) is 14.7. The number of carbonyl (C=O) groups is 1. The molecule has 1 saturated carbocycles. The summed E-state index contributed by atoms with van der Waals surface area (Å²) < 4.78 is 5.98. The molecule has 4 rings (SSSR count). The Kier molecular flexibility index (Phi) is 7.10. The molecule has 0 atom stereocenters. The average molecular weight is 427 g/mol. The summed E-state index contributed by atoms with van der Waals surface area (Å²) in [5, 5.41) is 8.66. The normalized spacial score (nSPS) is 17.8. The molecule has 2 heterocycles. The molecule has 0 bridgehead atoms. The van der Waals surface area contributed by atoms with Gasteiger partial charge < -0.3 is 14.5 Å². The fraction of sp³-hybridized carbons (Fsp3) is 0.522. The molecule has 2 fully saturated rings. The van der Waals surface area contributed by atoms with Crippen LogP contribution in [0, 0.1) is 0 Å². The Balaban J connectivity index is 1.32. The molecule has 6 nitrogen and oxygen atoms in total. The highest BCUT2D eigenvalue weighted by molar-refractivity contribution is 7.99. The van der Waals surface area contributed by atoms with Gasteiger partial charge in [-0.15, -0.1) is 22.0 Å². The molecule has 1 aliphatic carbocycles. The molecule has 0 spiro atoms. The molecule has 0 unspecified atom stereocenters. The first-order valence-corrected chi connectivity index (χ1v) is 12.0. The third-order valence-electron chi connectivity index (χ3n) is 5.77. The van der Waals surface area contributed by atoms with Gasteiger partial charge in [0.2, 0.25) is 5.88 Å². The number of hydrogen-bond acceptors (Lipinski definition) is 6. The number of ether oxygens (including phenoxy) is 1. The van der Waals surface area contributed by atoms with Gasteiger partial charge in [-0.2, -0.15) is 0 Å². The highest BCUT2D eigenvalue weighted by Crippen LogP contribution is 2.25. The van der Waals surface area contributed by atoms with Crippen LogP contribution in [-0.2, 0) is 0 Å². The molecule has 1 saturated heterocycles. The van der Waals surface area contributed by atoms with Crippen molar-refractivity contribution >= 4 is 23.5 Å². The Labute approximate surface area is 183 Å². The highest BCUT2D eigenvalue weighted by Gasteiger charge is 2.24. The van der Waals surface area contributed by atoms with Gasteiger partial charge in [0.1, 0.15) is 6.10 Å². The number of rotatable bonds is 6. The molecule has 2 aliphatic rings. The van der Waals surface area contributed by atoms with E-state index in [0.717, 1.165) is 48.0 Å². The van der Waals surface area contributed by atoms with E-state index in [-0.39, 0.29) is 12.0 Å². The van der Waals surface area contributed by atoms with Gasteiger partial charge in [-0.25, -0.2) is 0 Å². The van der Waals surface area contributed by atoms with Crippen molar-refractivity contribution in [2.45, 2.75) is 50.0 Å². The first-order valence-electron chi connectivity index (χ1n) is 11.0. The number of carbonyl (C=O) groups excluding carboxylic acids is 1. The molecule has 0 N–H and O–H groups in total. The van der Waals surface area contributed by atoms with E-state index in [2.05, 4.69) is 22.0 Å². The van der Waals surface area contributed by atoms with Gasteiger partial charge in [0, 0.05) is 37.1 Å². The van der Waals surface area contributed by atoms with Gasteiger partial charge in [0.05, 0.1) is 5.56 Å². The van der Waals surface area contributed by atoms with E-state index >= 15 is 0 Å². The molecular weight excluding hydrogens is 396 g/mol. The number of anilines is 1. The second-order valence-corrected chi connectivity index (χ2v) is 9.12. The van der Waals surface area contributed by atoms with E-state index in [1.165, 1.54) is 19.3 Å². The van der Waals surface area contributed by atoms with E-state index < -0.39 is 0 Å². The largest absolute Gasteiger partial charge is 0.473 e. The lowest BCUT2D eigenvalue weighted by Gasteiger charge is -2.35. The van der Waals surface area contributed by atoms with Crippen LogP contribution in [0.3, 0.4) is 0 Å². The van der Waals surface area contributed by atoms with E-state index in [1.807, 2.05) is 41.3 Å². The van der Waals surface area contributed by atoms with E-state index in [4.69, 9.17) is 4.74 Å². The molecule has 160 valence electrons. The fourth-order valence-electron chi connectivity index (χ4n) is 4.13. The zero-order chi connectivity index (χ0) is 20.8. The summed E-state index contributed by atoms with van der Waals surface area (Å²) in [7, 11) is 0. The van der Waals surface area contributed by atoms with Gasteiger partial charge in [0.25, 0.3) is 5.91 Å². The Morgan fingerprint density at radius 2 is 1.80 bits per heavy atom. The molecule has 1 aromatic carbocycles. The zero-order valence-electron chi connectivity index (χ0n) is 17.6. The molecule has 1 amide bonds. The standard InChI is InChI=1S/C23H30N4O2S/c1-2-30-20-11-7-6-10-19(20)23(28)27-16-14-26(15-17-27)21-12-13-22(25-24-21)29-18-8-4-3-5-9-18/h6-7,10-13,18H,2-5,8-9,14-17H2,1H3. The van der Waals surface area contributed by atoms with Gasteiger partial charge in [-0.3, -0.25) is 4.79 Å². The van der Waals surface area contributed by atoms with Crippen molar-refractivity contribution < 1.29 is 9.53 Å². The minimum absolute atomic E-state index is 0.119. The number of benzene rings is 1. The summed E-state index contributed by atoms with van der Waals surface area (Å²) in [5.41, 5.74) is 0.807. The first kappa shape index (κ1) is 21.0. The Hall–Kier alpha value is -2.28. The molecule has 7 heteroatoms. The summed E-state index contributed by atoms with van der Waals surface area (Å²) in [6, 6.07) is 11.8. The summed E-state index contributed by atoms with van der Waals surface area (Å²) in [5.74, 6) is 2.54. The van der Waals surface area contributed by atoms with Crippen molar-refractivity contribution in [1.29, 1.82) is 0 Å². The quantitative estimate of drug-likeness (QED) is 0.643. The van der Waals surface area contributed by atoms with Crippen LogP contribution >= 0.6 is 11.8 Å². The van der Waals surface area contributed by atoms with Crippen LogP contribution in [0.5, 0.6) is 5.88 Å². The van der Waals surface area contributed by atoms with Crippen LogP contribution in [-0.4, -0.2) is 59.0 Å². The summed E-state index contributed by atoms with van der Waals surface area (Å²) in [6.45, 7) is 4.99. The van der Waals surface area contributed by atoms with Crippen LogP contribution in [0.2, 0.25) is 0 Å². The summed E-state index contributed by atoms with van der Waals surface area (Å²) in [4.78, 5) is 18.2. The van der Waals surface area contributed by atoms with Crippen LogP contribution in [0.1, 0.15) is 49.4 Å². The predicted octanol–water partition coefficient (Wildman–Crippen LogP) is 4.26. The minimum Gasteiger partial charge on any atom is -0.473 e. The number of hydrogen-bond donors (Lipinski definition) is 0. The van der Waals surface area contributed by atoms with Crippen molar-refractivity contribution in [2.75, 3.05) is 36.8 Å². The fourth-order valence-corrected chi connectivity index (χ4v) is 4.93. The van der Waals surface area contributed by atoms with Crippen LogP contribution in [0.4, 0.5) is 5.82 Å². The van der Waals surface area contributed by atoms with Crippen LogP contribution in [0.15, 0.2) is 41.3 Å². The molecular formula is C23H30N4O2S. The molecule has 30 heavy (non-hydrogen) atoms. The Bertz CT molecular complexity index is 831. The molecule has 2 aromatic rings. The maximum Gasteiger partial charge on any atom is 0.255 e. The molecule has 0 radical (unpaired) electrons. The van der Waals surface area contributed by atoms with Crippen LogP contribution < -0.4 is 9.64 Å². The smallest absolute Gasteiger partial charge is 0.255 e. The van der Waals surface area contributed by atoms with Crippen molar-refractivity contribution in [3.63, 3.8) is 0 Å². The number of amides is 1. The summed E-state index contributed by atoms with van der Waals surface area (Å²) in [6.07, 6.45) is 6.28. The topological polar surface area (TPSA) is 58.6 Å². The lowest BCUT2D eigenvalue weighted by molar-refractivity contribution is 0.0743. The van der Waals surface area contributed by atoms with Crippen molar-refractivity contribution in [2.24, 2.45) is 0 Å². The predicted molar refractivity (Wildman–Crippen MR) is 120 cm³/mol. The molecule has 1 aromatic heterocycles. The maximum atomic E-state index is 13.0. The minimum atomic E-state index is 0.119.